The number of fused-ring (bicyclic) bond motifs is 1. The van der Waals surface area contributed by atoms with Gasteiger partial charge in [0.2, 0.25) is 0 Å². The molecule has 10 nitrogen and oxygen atoms in total. The first-order valence-corrected chi connectivity index (χ1v) is 8.86. The van der Waals surface area contributed by atoms with E-state index in [9.17, 15) is 9.59 Å². The molecule has 1 N–H and O–H groups in total. The topological polar surface area (TPSA) is 117 Å². The zero-order valence-electron chi connectivity index (χ0n) is 15.4. The smallest absolute Gasteiger partial charge is 0.341 e. The van der Waals surface area contributed by atoms with Gasteiger partial charge in [0.25, 0.3) is 5.91 Å². The van der Waals surface area contributed by atoms with Gasteiger partial charge >= 0.3 is 5.97 Å². The molecule has 0 saturated carbocycles. The molecule has 1 aliphatic rings. The second-order valence-corrected chi connectivity index (χ2v) is 6.17. The van der Waals surface area contributed by atoms with Crippen LogP contribution in [0.25, 0.3) is 5.69 Å². The quantitative estimate of drug-likeness (QED) is 0.648. The highest BCUT2D eigenvalue weighted by Crippen LogP contribution is 2.32. The Morgan fingerprint density at radius 1 is 1.14 bits per heavy atom. The van der Waals surface area contributed by atoms with Gasteiger partial charge in [0.1, 0.15) is 19.5 Å². The van der Waals surface area contributed by atoms with Crippen LogP contribution in [0.15, 0.2) is 48.8 Å². The molecule has 0 unspecified atom stereocenters. The van der Waals surface area contributed by atoms with Gasteiger partial charge < -0.3 is 19.5 Å². The summed E-state index contributed by atoms with van der Waals surface area (Å²) in [6.07, 6.45) is 0.335. The molecule has 0 aliphatic carbocycles. The molecule has 0 spiro atoms. The number of benzene rings is 2. The predicted octanol–water partition coefficient (Wildman–Crippen LogP) is 1.62. The van der Waals surface area contributed by atoms with Crippen molar-refractivity contribution in [2.75, 3.05) is 18.5 Å². The van der Waals surface area contributed by atoms with Crippen LogP contribution in [-0.2, 0) is 9.53 Å². The van der Waals surface area contributed by atoms with Gasteiger partial charge in [-0.05, 0) is 41.6 Å². The third-order valence-corrected chi connectivity index (χ3v) is 4.18. The number of rotatable bonds is 5. The summed E-state index contributed by atoms with van der Waals surface area (Å²) in [5, 5.41) is 13.6. The molecule has 1 atom stereocenters. The van der Waals surface area contributed by atoms with Crippen molar-refractivity contribution in [1.82, 2.24) is 20.2 Å². The Kier molecular flexibility index (Phi) is 5.06. The highest BCUT2D eigenvalue weighted by atomic mass is 16.6. The lowest BCUT2D eigenvalue weighted by molar-refractivity contribution is -0.123. The monoisotopic (exact) mass is 395 g/mol. The van der Waals surface area contributed by atoms with Crippen LogP contribution >= 0.6 is 0 Å². The van der Waals surface area contributed by atoms with Crippen molar-refractivity contribution in [3.63, 3.8) is 0 Å². The SMILES string of the molecule is C[C@@H](OC(=O)c1ccccc1-n1cnnn1)C(=O)Nc1ccc2c(c1)OCCO2. The second-order valence-electron chi connectivity index (χ2n) is 6.17. The number of hydrogen-bond donors (Lipinski definition) is 1. The van der Waals surface area contributed by atoms with E-state index in [2.05, 4.69) is 20.8 Å². The molecule has 3 aromatic rings. The summed E-state index contributed by atoms with van der Waals surface area (Å²) in [5.74, 6) is 0.0258. The molecule has 2 aromatic carbocycles. The van der Waals surface area contributed by atoms with E-state index >= 15 is 0 Å². The summed E-state index contributed by atoms with van der Waals surface area (Å²) >= 11 is 0. The lowest BCUT2D eigenvalue weighted by Gasteiger charge is -2.19. The Bertz CT molecular complexity index is 1040. The maximum atomic E-state index is 12.6. The summed E-state index contributed by atoms with van der Waals surface area (Å²) in [4.78, 5) is 25.1. The number of esters is 1. The van der Waals surface area contributed by atoms with Crippen molar-refractivity contribution in [2.45, 2.75) is 13.0 Å². The van der Waals surface area contributed by atoms with Gasteiger partial charge in [-0.1, -0.05) is 12.1 Å². The molecule has 0 bridgehead atoms. The highest BCUT2D eigenvalue weighted by molar-refractivity contribution is 5.98. The van der Waals surface area contributed by atoms with Crippen molar-refractivity contribution in [1.29, 1.82) is 0 Å². The number of anilines is 1. The Morgan fingerprint density at radius 3 is 2.72 bits per heavy atom. The van der Waals surface area contributed by atoms with E-state index in [1.807, 2.05) is 0 Å². The van der Waals surface area contributed by atoms with Crippen molar-refractivity contribution >= 4 is 17.6 Å². The van der Waals surface area contributed by atoms with Crippen LogP contribution < -0.4 is 14.8 Å². The predicted molar refractivity (Wildman–Crippen MR) is 100 cm³/mol. The minimum absolute atomic E-state index is 0.235. The first-order chi connectivity index (χ1) is 14.1. The summed E-state index contributed by atoms with van der Waals surface area (Å²) in [7, 11) is 0. The van der Waals surface area contributed by atoms with Crippen LogP contribution in [0.5, 0.6) is 11.5 Å². The zero-order valence-corrected chi connectivity index (χ0v) is 15.4. The fourth-order valence-electron chi connectivity index (χ4n) is 2.76. The Morgan fingerprint density at radius 2 is 1.93 bits per heavy atom. The zero-order chi connectivity index (χ0) is 20.2. The minimum Gasteiger partial charge on any atom is -0.486 e. The van der Waals surface area contributed by atoms with Gasteiger partial charge in [0.15, 0.2) is 17.6 Å². The number of ether oxygens (including phenoxy) is 3. The standard InChI is InChI=1S/C19H17N5O5/c1-12(18(25)21-13-6-7-16-17(10-13)28-9-8-27-16)29-19(26)14-4-2-3-5-15(14)24-11-20-22-23-24/h2-7,10-12H,8-9H2,1H3,(H,21,25)/t12-/m1/s1. The van der Waals surface area contributed by atoms with Gasteiger partial charge in [-0.25, -0.2) is 4.79 Å². The van der Waals surface area contributed by atoms with Gasteiger partial charge in [-0.15, -0.1) is 5.10 Å². The number of nitrogens with one attached hydrogen (secondary N) is 1. The third-order valence-electron chi connectivity index (χ3n) is 4.18. The van der Waals surface area contributed by atoms with Crippen molar-refractivity contribution in [3.8, 4) is 17.2 Å². The van der Waals surface area contributed by atoms with Crippen LogP contribution in [0.4, 0.5) is 5.69 Å². The van der Waals surface area contributed by atoms with Crippen LogP contribution in [0.2, 0.25) is 0 Å². The number of aromatic nitrogens is 4. The fourth-order valence-corrected chi connectivity index (χ4v) is 2.76. The molecule has 0 radical (unpaired) electrons. The number of tetrazole rings is 1. The molecule has 1 aliphatic heterocycles. The molecule has 0 fully saturated rings. The van der Waals surface area contributed by atoms with Crippen LogP contribution in [0.1, 0.15) is 17.3 Å². The third kappa shape index (κ3) is 4.00. The molecule has 10 heteroatoms. The van der Waals surface area contributed by atoms with E-state index in [-0.39, 0.29) is 5.56 Å². The molecule has 1 amide bonds. The average molecular weight is 395 g/mol. The lowest BCUT2D eigenvalue weighted by atomic mass is 10.2. The average Bonchev–Trinajstić information content (AvgIpc) is 3.28. The molecular formula is C19H17N5O5. The molecule has 4 rings (SSSR count). The Labute approximate surface area is 165 Å². The highest BCUT2D eigenvalue weighted by Gasteiger charge is 2.22. The van der Waals surface area contributed by atoms with E-state index < -0.39 is 18.0 Å². The number of para-hydroxylation sites is 1. The number of nitrogens with zero attached hydrogens (tertiary/aromatic N) is 4. The Balaban J connectivity index is 1.44. The number of amides is 1. The maximum absolute atomic E-state index is 12.6. The first kappa shape index (κ1) is 18.4. The van der Waals surface area contributed by atoms with Crippen LogP contribution in [-0.4, -0.2) is 51.4 Å². The van der Waals surface area contributed by atoms with E-state index in [4.69, 9.17) is 14.2 Å². The molecule has 148 valence electrons. The van der Waals surface area contributed by atoms with Crippen molar-refractivity contribution in [3.05, 3.63) is 54.4 Å². The maximum Gasteiger partial charge on any atom is 0.341 e. The summed E-state index contributed by atoms with van der Waals surface area (Å²) in [5.41, 5.74) is 1.19. The van der Waals surface area contributed by atoms with Gasteiger partial charge in [0, 0.05) is 11.8 Å². The summed E-state index contributed by atoms with van der Waals surface area (Å²) in [6, 6.07) is 11.7. The molecule has 2 heterocycles. The van der Waals surface area contributed by atoms with E-state index in [0.717, 1.165) is 0 Å². The largest absolute Gasteiger partial charge is 0.486 e. The molecular weight excluding hydrogens is 378 g/mol. The normalized spacial score (nSPS) is 13.4. The number of carbonyl (C=O) groups is 2. The van der Waals surface area contributed by atoms with Gasteiger partial charge in [0.05, 0.1) is 11.3 Å². The summed E-state index contributed by atoms with van der Waals surface area (Å²) < 4.78 is 17.6. The van der Waals surface area contributed by atoms with Crippen LogP contribution in [0, 0.1) is 0 Å². The second kappa shape index (κ2) is 7.97. The van der Waals surface area contributed by atoms with Crippen LogP contribution in [0.3, 0.4) is 0 Å². The van der Waals surface area contributed by atoms with Gasteiger partial charge in [-0.3, -0.25) is 4.79 Å². The van der Waals surface area contributed by atoms with Gasteiger partial charge in [-0.2, -0.15) is 4.68 Å². The molecule has 29 heavy (non-hydrogen) atoms. The van der Waals surface area contributed by atoms with Crippen molar-refractivity contribution in [2.24, 2.45) is 0 Å². The number of carbonyl (C=O) groups excluding carboxylic acids is 2. The lowest BCUT2D eigenvalue weighted by Crippen LogP contribution is -2.30. The van der Waals surface area contributed by atoms with E-state index in [1.165, 1.54) is 17.9 Å². The van der Waals surface area contributed by atoms with E-state index in [0.29, 0.717) is 36.1 Å². The molecule has 0 saturated heterocycles. The first-order valence-electron chi connectivity index (χ1n) is 8.86. The Hall–Kier alpha value is -3.95. The number of hydrogen-bond acceptors (Lipinski definition) is 8. The minimum atomic E-state index is -1.03. The van der Waals surface area contributed by atoms with E-state index in [1.54, 1.807) is 42.5 Å². The summed E-state index contributed by atoms with van der Waals surface area (Å²) in [6.45, 7) is 2.42. The molecule has 1 aromatic heterocycles. The fraction of sp³-hybridized carbons (Fsp3) is 0.211. The van der Waals surface area contributed by atoms with Crippen molar-refractivity contribution < 1.29 is 23.8 Å².